The third-order valence-electron chi connectivity index (χ3n) is 3.28. The Morgan fingerprint density at radius 1 is 1.43 bits per heavy atom. The minimum absolute atomic E-state index is 0.104. The number of benzene rings is 1. The molecule has 21 heavy (non-hydrogen) atoms. The second-order valence-corrected chi connectivity index (χ2v) is 5.28. The first-order chi connectivity index (χ1) is 9.79. The Hall–Kier alpha value is -2.15. The topological polar surface area (TPSA) is 93.5 Å². The Labute approximate surface area is 123 Å². The highest BCUT2D eigenvalue weighted by molar-refractivity contribution is 5.94. The zero-order valence-electron chi connectivity index (χ0n) is 12.7. The van der Waals surface area contributed by atoms with Crippen LogP contribution in [0.15, 0.2) is 18.2 Å². The highest BCUT2D eigenvalue weighted by Crippen LogP contribution is 2.28. The Morgan fingerprint density at radius 3 is 2.62 bits per heavy atom. The van der Waals surface area contributed by atoms with E-state index in [-0.39, 0.29) is 29.4 Å². The number of nitro benzene ring substituents is 1. The van der Waals surface area contributed by atoms with Crippen molar-refractivity contribution in [3.8, 4) is 5.75 Å². The number of carbonyl (C=O) groups is 1. The van der Waals surface area contributed by atoms with Gasteiger partial charge in [-0.15, -0.1) is 0 Å². The van der Waals surface area contributed by atoms with Gasteiger partial charge in [0.05, 0.1) is 24.3 Å². The van der Waals surface area contributed by atoms with Crippen molar-refractivity contribution in [2.24, 2.45) is 0 Å². The van der Waals surface area contributed by atoms with Crippen LogP contribution in [-0.4, -0.2) is 30.0 Å². The molecule has 0 saturated heterocycles. The molecule has 0 heterocycles. The second kappa shape index (κ2) is 7.03. The van der Waals surface area contributed by atoms with Gasteiger partial charge in [-0.1, -0.05) is 6.92 Å². The predicted molar refractivity (Wildman–Crippen MR) is 80.7 cm³/mol. The van der Waals surface area contributed by atoms with Crippen LogP contribution in [0.3, 0.4) is 0 Å². The number of rotatable bonds is 7. The van der Waals surface area contributed by atoms with Crippen LogP contribution in [0.4, 0.5) is 11.4 Å². The highest BCUT2D eigenvalue weighted by Gasteiger charge is 2.17. The average Bonchev–Trinajstić information content (AvgIpc) is 2.45. The predicted octanol–water partition coefficient (Wildman–Crippen LogP) is 2.32. The van der Waals surface area contributed by atoms with E-state index in [0.717, 1.165) is 6.42 Å². The molecule has 0 aliphatic rings. The minimum Gasteiger partial charge on any atom is -0.495 e. The molecule has 7 nitrogen and oxygen atoms in total. The van der Waals surface area contributed by atoms with Crippen LogP contribution in [0.2, 0.25) is 0 Å². The minimum atomic E-state index is -0.520. The largest absolute Gasteiger partial charge is 0.495 e. The van der Waals surface area contributed by atoms with Crippen LogP contribution in [-0.2, 0) is 4.79 Å². The lowest BCUT2D eigenvalue weighted by Crippen LogP contribution is -2.43. The number of hydrogen-bond acceptors (Lipinski definition) is 5. The summed E-state index contributed by atoms with van der Waals surface area (Å²) in [5, 5.41) is 16.5. The van der Waals surface area contributed by atoms with E-state index in [2.05, 4.69) is 10.6 Å². The maximum Gasteiger partial charge on any atom is 0.271 e. The van der Waals surface area contributed by atoms with E-state index in [1.54, 1.807) is 0 Å². The number of hydrogen-bond donors (Lipinski definition) is 2. The van der Waals surface area contributed by atoms with Gasteiger partial charge >= 0.3 is 0 Å². The van der Waals surface area contributed by atoms with Gasteiger partial charge in [0.25, 0.3) is 5.69 Å². The van der Waals surface area contributed by atoms with Gasteiger partial charge < -0.3 is 15.4 Å². The van der Waals surface area contributed by atoms with Crippen molar-refractivity contribution in [2.75, 3.05) is 19.0 Å². The lowest BCUT2D eigenvalue weighted by atomic mass is 10.0. The molecule has 0 spiro atoms. The van der Waals surface area contributed by atoms with E-state index in [4.69, 9.17) is 4.74 Å². The molecule has 0 unspecified atom stereocenters. The summed E-state index contributed by atoms with van der Waals surface area (Å²) in [6, 6.07) is 4.06. The molecule has 0 atom stereocenters. The molecule has 0 bridgehead atoms. The summed E-state index contributed by atoms with van der Waals surface area (Å²) in [6.07, 6.45) is 0.875. The van der Waals surface area contributed by atoms with Gasteiger partial charge in [-0.25, -0.2) is 0 Å². The van der Waals surface area contributed by atoms with Crippen molar-refractivity contribution in [2.45, 2.75) is 32.7 Å². The molecule has 1 aromatic rings. The number of amides is 1. The lowest BCUT2D eigenvalue weighted by molar-refractivity contribution is -0.384. The Kier molecular flexibility index (Phi) is 5.66. The monoisotopic (exact) mass is 295 g/mol. The summed E-state index contributed by atoms with van der Waals surface area (Å²) >= 11 is 0. The van der Waals surface area contributed by atoms with Gasteiger partial charge in [-0.05, 0) is 26.3 Å². The van der Waals surface area contributed by atoms with Gasteiger partial charge in [0, 0.05) is 17.7 Å². The molecule has 1 aromatic carbocycles. The van der Waals surface area contributed by atoms with Crippen molar-refractivity contribution in [1.82, 2.24) is 5.32 Å². The molecule has 0 aliphatic heterocycles. The van der Waals surface area contributed by atoms with Crippen molar-refractivity contribution >= 4 is 17.3 Å². The molecule has 2 N–H and O–H groups in total. The quantitative estimate of drug-likeness (QED) is 0.594. The molecule has 0 aromatic heterocycles. The summed E-state index contributed by atoms with van der Waals surface area (Å²) in [4.78, 5) is 22.2. The molecule has 1 rings (SSSR count). The van der Waals surface area contributed by atoms with Gasteiger partial charge in [0.1, 0.15) is 5.75 Å². The second-order valence-electron chi connectivity index (χ2n) is 5.28. The average molecular weight is 295 g/mol. The Balaban J connectivity index is 2.79. The normalized spacial score (nSPS) is 11.0. The highest BCUT2D eigenvalue weighted by atomic mass is 16.6. The first-order valence-corrected chi connectivity index (χ1v) is 6.66. The van der Waals surface area contributed by atoms with Crippen LogP contribution in [0.25, 0.3) is 0 Å². The standard InChI is InChI=1S/C14H21N3O4/c1-5-14(2,3)15-9-13(18)16-11-8-10(17(19)20)6-7-12(11)21-4/h6-8,15H,5,9H2,1-4H3,(H,16,18). The molecule has 0 saturated carbocycles. The van der Waals surface area contributed by atoms with Gasteiger partial charge in [0.15, 0.2) is 0 Å². The molecule has 116 valence electrons. The van der Waals surface area contributed by atoms with Gasteiger partial charge in [0.2, 0.25) is 5.91 Å². The number of non-ortho nitro benzene ring substituents is 1. The van der Waals surface area contributed by atoms with Gasteiger partial charge in [-0.3, -0.25) is 14.9 Å². The zero-order valence-corrected chi connectivity index (χ0v) is 12.7. The maximum atomic E-state index is 11.9. The Morgan fingerprint density at radius 2 is 2.10 bits per heavy atom. The van der Waals surface area contributed by atoms with E-state index in [1.165, 1.54) is 25.3 Å². The van der Waals surface area contributed by atoms with Crippen LogP contribution >= 0.6 is 0 Å². The van der Waals surface area contributed by atoms with E-state index >= 15 is 0 Å². The summed E-state index contributed by atoms with van der Waals surface area (Å²) in [6.45, 7) is 6.13. The van der Waals surface area contributed by atoms with Crippen molar-refractivity contribution in [3.05, 3.63) is 28.3 Å². The van der Waals surface area contributed by atoms with Crippen molar-refractivity contribution in [3.63, 3.8) is 0 Å². The molecule has 7 heteroatoms. The molecule has 1 amide bonds. The van der Waals surface area contributed by atoms with E-state index in [9.17, 15) is 14.9 Å². The van der Waals surface area contributed by atoms with Crippen LogP contribution in [0.1, 0.15) is 27.2 Å². The number of nitrogens with zero attached hydrogens (tertiary/aromatic N) is 1. The summed E-state index contributed by atoms with van der Waals surface area (Å²) in [7, 11) is 1.44. The SMILES string of the molecule is CCC(C)(C)NCC(=O)Nc1cc([N+](=O)[O-])ccc1OC. The van der Waals surface area contributed by atoms with Crippen LogP contribution < -0.4 is 15.4 Å². The third kappa shape index (κ3) is 5.03. The fraction of sp³-hybridized carbons (Fsp3) is 0.500. The number of methoxy groups -OCH3 is 1. The Bertz CT molecular complexity index is 529. The number of nitrogens with one attached hydrogen (secondary N) is 2. The van der Waals surface area contributed by atoms with Crippen molar-refractivity contribution in [1.29, 1.82) is 0 Å². The molecular formula is C14H21N3O4. The van der Waals surface area contributed by atoms with Gasteiger partial charge in [-0.2, -0.15) is 0 Å². The number of ether oxygens (including phenoxy) is 1. The molecular weight excluding hydrogens is 274 g/mol. The van der Waals surface area contributed by atoms with E-state index in [1.807, 2.05) is 20.8 Å². The van der Waals surface area contributed by atoms with Crippen LogP contribution in [0, 0.1) is 10.1 Å². The third-order valence-corrected chi connectivity index (χ3v) is 3.28. The number of anilines is 1. The molecule has 0 fully saturated rings. The smallest absolute Gasteiger partial charge is 0.271 e. The first-order valence-electron chi connectivity index (χ1n) is 6.66. The first kappa shape index (κ1) is 16.9. The zero-order chi connectivity index (χ0) is 16.0. The summed E-state index contributed by atoms with van der Waals surface area (Å²) in [5.41, 5.74) is 0.0326. The number of nitro groups is 1. The molecule has 0 radical (unpaired) electrons. The lowest BCUT2D eigenvalue weighted by Gasteiger charge is -2.24. The number of carbonyl (C=O) groups excluding carboxylic acids is 1. The van der Waals surface area contributed by atoms with Crippen molar-refractivity contribution < 1.29 is 14.5 Å². The molecule has 0 aliphatic carbocycles. The fourth-order valence-electron chi connectivity index (χ4n) is 1.55. The summed E-state index contributed by atoms with van der Waals surface area (Å²) in [5.74, 6) is 0.0963. The fourth-order valence-corrected chi connectivity index (χ4v) is 1.55. The van der Waals surface area contributed by atoms with E-state index in [0.29, 0.717) is 5.75 Å². The van der Waals surface area contributed by atoms with Crippen LogP contribution in [0.5, 0.6) is 5.75 Å². The van der Waals surface area contributed by atoms with E-state index < -0.39 is 4.92 Å². The maximum absolute atomic E-state index is 11.9. The summed E-state index contributed by atoms with van der Waals surface area (Å²) < 4.78 is 5.09.